The molecule has 0 N–H and O–H groups in total. The summed E-state index contributed by atoms with van der Waals surface area (Å²) in [7, 11) is 2.18. The number of hydrogen-bond acceptors (Lipinski definition) is 2. The van der Waals surface area contributed by atoms with Crippen LogP contribution >= 0.6 is 0 Å². The third-order valence-corrected chi connectivity index (χ3v) is 3.74. The summed E-state index contributed by atoms with van der Waals surface area (Å²) in [5.74, 6) is 1.14. The maximum absolute atomic E-state index is 11.6. The molecule has 3 heteroatoms. The van der Waals surface area contributed by atoms with Crippen molar-refractivity contribution in [3.8, 4) is 0 Å². The van der Waals surface area contributed by atoms with Gasteiger partial charge in [-0.15, -0.1) is 0 Å². The SMILES string of the molecule is CN1CCC(CN2CCCCC2=O)CC1. The van der Waals surface area contributed by atoms with Crippen molar-refractivity contribution in [2.24, 2.45) is 5.92 Å². The highest BCUT2D eigenvalue weighted by Crippen LogP contribution is 2.20. The van der Waals surface area contributed by atoms with E-state index in [0.717, 1.165) is 31.8 Å². The molecule has 0 aromatic heterocycles. The minimum atomic E-state index is 0.389. The minimum absolute atomic E-state index is 0.389. The number of carbonyl (C=O) groups is 1. The van der Waals surface area contributed by atoms with Gasteiger partial charge in [0.15, 0.2) is 0 Å². The molecule has 86 valence electrons. The third-order valence-electron chi connectivity index (χ3n) is 3.74. The van der Waals surface area contributed by atoms with Crippen LogP contribution in [0.25, 0.3) is 0 Å². The van der Waals surface area contributed by atoms with Crippen LogP contribution in [0.4, 0.5) is 0 Å². The van der Waals surface area contributed by atoms with Gasteiger partial charge < -0.3 is 9.80 Å². The third kappa shape index (κ3) is 2.94. The molecule has 15 heavy (non-hydrogen) atoms. The molecule has 2 aliphatic heterocycles. The Morgan fingerprint density at radius 1 is 1.20 bits per heavy atom. The van der Waals surface area contributed by atoms with Gasteiger partial charge >= 0.3 is 0 Å². The summed E-state index contributed by atoms with van der Waals surface area (Å²) >= 11 is 0. The van der Waals surface area contributed by atoms with Crippen LogP contribution in [0.15, 0.2) is 0 Å². The van der Waals surface area contributed by atoms with Crippen molar-refractivity contribution in [3.05, 3.63) is 0 Å². The van der Waals surface area contributed by atoms with E-state index < -0.39 is 0 Å². The Bertz CT molecular complexity index is 222. The van der Waals surface area contributed by atoms with Crippen molar-refractivity contribution in [1.29, 1.82) is 0 Å². The Kier molecular flexibility index (Phi) is 3.62. The monoisotopic (exact) mass is 210 g/mol. The highest BCUT2D eigenvalue weighted by atomic mass is 16.2. The van der Waals surface area contributed by atoms with Gasteiger partial charge in [-0.2, -0.15) is 0 Å². The Balaban J connectivity index is 1.78. The van der Waals surface area contributed by atoms with Gasteiger partial charge in [0.25, 0.3) is 0 Å². The molecule has 0 aromatic carbocycles. The summed E-state index contributed by atoms with van der Waals surface area (Å²) < 4.78 is 0. The summed E-state index contributed by atoms with van der Waals surface area (Å²) in [6.45, 7) is 4.43. The van der Waals surface area contributed by atoms with Crippen molar-refractivity contribution in [2.75, 3.05) is 33.2 Å². The van der Waals surface area contributed by atoms with Crippen LogP contribution in [-0.2, 0) is 4.79 Å². The first-order chi connectivity index (χ1) is 7.25. The molecule has 0 aromatic rings. The van der Waals surface area contributed by atoms with Crippen LogP contribution in [-0.4, -0.2) is 48.9 Å². The Labute approximate surface area is 92.4 Å². The van der Waals surface area contributed by atoms with Crippen LogP contribution in [0.5, 0.6) is 0 Å². The molecule has 0 bridgehead atoms. The lowest BCUT2D eigenvalue weighted by Crippen LogP contribution is -2.41. The zero-order chi connectivity index (χ0) is 10.7. The standard InChI is InChI=1S/C12H22N2O/c1-13-8-5-11(6-9-13)10-14-7-3-2-4-12(14)15/h11H,2-10H2,1H3. The van der Waals surface area contributed by atoms with Crippen LogP contribution < -0.4 is 0 Å². The summed E-state index contributed by atoms with van der Waals surface area (Å²) in [5, 5.41) is 0. The van der Waals surface area contributed by atoms with Gasteiger partial charge in [-0.05, 0) is 51.7 Å². The van der Waals surface area contributed by atoms with E-state index in [-0.39, 0.29) is 0 Å². The predicted octanol–water partition coefficient (Wildman–Crippen LogP) is 1.34. The van der Waals surface area contributed by atoms with Crippen molar-refractivity contribution in [1.82, 2.24) is 9.80 Å². The molecule has 2 rings (SSSR count). The highest BCUT2D eigenvalue weighted by Gasteiger charge is 2.23. The van der Waals surface area contributed by atoms with Gasteiger partial charge in [0.2, 0.25) is 5.91 Å². The largest absolute Gasteiger partial charge is 0.342 e. The van der Waals surface area contributed by atoms with Crippen LogP contribution in [0, 0.1) is 5.92 Å². The lowest BCUT2D eigenvalue weighted by molar-refractivity contribution is -0.134. The van der Waals surface area contributed by atoms with Gasteiger partial charge in [-0.25, -0.2) is 0 Å². The number of amides is 1. The second-order valence-corrected chi connectivity index (χ2v) is 5.04. The average molecular weight is 210 g/mol. The summed E-state index contributed by atoms with van der Waals surface area (Å²) in [6.07, 6.45) is 5.62. The van der Waals surface area contributed by atoms with E-state index in [9.17, 15) is 4.79 Å². The number of likely N-dealkylation sites (tertiary alicyclic amines) is 2. The molecule has 0 saturated carbocycles. The smallest absolute Gasteiger partial charge is 0.222 e. The molecule has 0 aliphatic carbocycles. The van der Waals surface area contributed by atoms with E-state index in [2.05, 4.69) is 16.8 Å². The Morgan fingerprint density at radius 2 is 1.93 bits per heavy atom. The number of carbonyl (C=O) groups excluding carboxylic acids is 1. The lowest BCUT2D eigenvalue weighted by Gasteiger charge is -2.34. The molecule has 2 heterocycles. The normalized spacial score (nSPS) is 25.9. The van der Waals surface area contributed by atoms with Gasteiger partial charge in [0.05, 0.1) is 0 Å². The first-order valence-corrected chi connectivity index (χ1v) is 6.22. The quantitative estimate of drug-likeness (QED) is 0.686. The van der Waals surface area contributed by atoms with E-state index in [4.69, 9.17) is 0 Å². The molecular weight excluding hydrogens is 188 g/mol. The number of hydrogen-bond donors (Lipinski definition) is 0. The molecule has 3 nitrogen and oxygen atoms in total. The number of nitrogens with zero attached hydrogens (tertiary/aromatic N) is 2. The fraction of sp³-hybridized carbons (Fsp3) is 0.917. The first kappa shape index (κ1) is 10.9. The molecule has 0 spiro atoms. The molecule has 2 aliphatic rings. The van der Waals surface area contributed by atoms with E-state index in [1.54, 1.807) is 0 Å². The molecule has 0 radical (unpaired) electrons. The van der Waals surface area contributed by atoms with E-state index in [1.165, 1.54) is 32.4 Å². The zero-order valence-corrected chi connectivity index (χ0v) is 9.74. The summed E-state index contributed by atoms with van der Waals surface area (Å²) in [6, 6.07) is 0. The predicted molar refractivity (Wildman–Crippen MR) is 60.7 cm³/mol. The second kappa shape index (κ2) is 4.97. The summed E-state index contributed by atoms with van der Waals surface area (Å²) in [5.41, 5.74) is 0. The molecule has 0 atom stereocenters. The second-order valence-electron chi connectivity index (χ2n) is 5.04. The van der Waals surface area contributed by atoms with Crippen molar-refractivity contribution >= 4 is 5.91 Å². The van der Waals surface area contributed by atoms with Crippen molar-refractivity contribution < 1.29 is 4.79 Å². The zero-order valence-electron chi connectivity index (χ0n) is 9.74. The van der Waals surface area contributed by atoms with Gasteiger partial charge in [0.1, 0.15) is 0 Å². The van der Waals surface area contributed by atoms with Gasteiger partial charge in [-0.1, -0.05) is 0 Å². The van der Waals surface area contributed by atoms with Crippen LogP contribution in [0.2, 0.25) is 0 Å². The molecular formula is C12H22N2O. The number of piperidine rings is 2. The maximum atomic E-state index is 11.6. The Morgan fingerprint density at radius 3 is 2.60 bits per heavy atom. The van der Waals surface area contributed by atoms with Crippen LogP contribution in [0.1, 0.15) is 32.1 Å². The fourth-order valence-electron chi connectivity index (χ4n) is 2.61. The lowest BCUT2D eigenvalue weighted by atomic mass is 9.95. The minimum Gasteiger partial charge on any atom is -0.342 e. The maximum Gasteiger partial charge on any atom is 0.222 e. The number of rotatable bonds is 2. The van der Waals surface area contributed by atoms with E-state index >= 15 is 0 Å². The summed E-state index contributed by atoms with van der Waals surface area (Å²) in [4.78, 5) is 16.1. The van der Waals surface area contributed by atoms with Crippen LogP contribution in [0.3, 0.4) is 0 Å². The van der Waals surface area contributed by atoms with E-state index in [0.29, 0.717) is 5.91 Å². The highest BCUT2D eigenvalue weighted by molar-refractivity contribution is 5.76. The van der Waals surface area contributed by atoms with Crippen molar-refractivity contribution in [3.63, 3.8) is 0 Å². The topological polar surface area (TPSA) is 23.6 Å². The average Bonchev–Trinajstić information content (AvgIpc) is 2.25. The fourth-order valence-corrected chi connectivity index (χ4v) is 2.61. The molecule has 2 saturated heterocycles. The van der Waals surface area contributed by atoms with Gasteiger partial charge in [-0.3, -0.25) is 4.79 Å². The Hall–Kier alpha value is -0.570. The molecule has 2 fully saturated rings. The van der Waals surface area contributed by atoms with Crippen molar-refractivity contribution in [2.45, 2.75) is 32.1 Å². The van der Waals surface area contributed by atoms with E-state index in [1.807, 2.05) is 0 Å². The van der Waals surface area contributed by atoms with Gasteiger partial charge in [0, 0.05) is 19.5 Å². The first-order valence-electron chi connectivity index (χ1n) is 6.22. The molecule has 1 amide bonds. The molecule has 0 unspecified atom stereocenters.